The molecule has 3 amide bonds. The van der Waals surface area contributed by atoms with E-state index in [9.17, 15) is 14.4 Å². The standard InChI is InChI=1S/C29H37N5O3/c1-19-18-22(12-13-23(19)20-8-10-21(11-9-20)27(36)32(2)3)28(37)33-14-16-34(17-15-33)29-30-25-7-5-4-6-24(25)26(35)31-29/h8-13,18,24-25,29-30H,4-7,14-17H2,1-3H3,(H,31,35). The summed E-state index contributed by atoms with van der Waals surface area (Å²) in [4.78, 5) is 43.8. The second-order valence-corrected chi connectivity index (χ2v) is 10.7. The number of amides is 3. The largest absolute Gasteiger partial charge is 0.345 e. The molecule has 2 N–H and O–H groups in total. The molecule has 2 aliphatic heterocycles. The summed E-state index contributed by atoms with van der Waals surface area (Å²) in [5.74, 6) is 0.275. The average molecular weight is 504 g/mol. The predicted octanol–water partition coefficient (Wildman–Crippen LogP) is 2.68. The second kappa shape index (κ2) is 10.6. The van der Waals surface area contributed by atoms with E-state index in [0.29, 0.717) is 24.2 Å². The van der Waals surface area contributed by atoms with E-state index in [2.05, 4.69) is 15.5 Å². The summed E-state index contributed by atoms with van der Waals surface area (Å²) in [6, 6.07) is 13.7. The van der Waals surface area contributed by atoms with Crippen molar-refractivity contribution >= 4 is 17.7 Å². The first-order chi connectivity index (χ1) is 17.8. The Balaban J connectivity index is 1.20. The number of carbonyl (C=O) groups excluding carboxylic acids is 3. The van der Waals surface area contributed by atoms with Crippen LogP contribution in [-0.2, 0) is 4.79 Å². The monoisotopic (exact) mass is 503 g/mol. The van der Waals surface area contributed by atoms with Crippen LogP contribution in [0.5, 0.6) is 0 Å². The van der Waals surface area contributed by atoms with Gasteiger partial charge in [0, 0.05) is 57.4 Å². The third kappa shape index (κ3) is 5.26. The van der Waals surface area contributed by atoms with Gasteiger partial charge < -0.3 is 15.1 Å². The Morgan fingerprint density at radius 2 is 1.59 bits per heavy atom. The highest BCUT2D eigenvalue weighted by molar-refractivity contribution is 5.96. The zero-order valence-electron chi connectivity index (χ0n) is 22.0. The van der Waals surface area contributed by atoms with Crippen molar-refractivity contribution in [2.24, 2.45) is 5.92 Å². The molecule has 2 saturated heterocycles. The van der Waals surface area contributed by atoms with Crippen molar-refractivity contribution in [1.29, 1.82) is 0 Å². The molecule has 2 aromatic rings. The SMILES string of the molecule is Cc1cc(C(=O)N2CCN(C3NC(=O)C4CCCCC4N3)CC2)ccc1-c1ccc(C(=O)N(C)C)cc1. The van der Waals surface area contributed by atoms with Gasteiger partial charge in [0.15, 0.2) is 0 Å². The number of nitrogens with one attached hydrogen (secondary N) is 2. The number of fused-ring (bicyclic) bond motifs is 1. The van der Waals surface area contributed by atoms with Crippen LogP contribution < -0.4 is 10.6 Å². The molecular formula is C29H37N5O3. The normalized spacial score (nSPS) is 24.2. The molecule has 3 aliphatic rings. The summed E-state index contributed by atoms with van der Waals surface area (Å²) in [6.45, 7) is 4.71. The molecule has 37 heavy (non-hydrogen) atoms. The Morgan fingerprint density at radius 3 is 2.27 bits per heavy atom. The predicted molar refractivity (Wildman–Crippen MR) is 143 cm³/mol. The number of rotatable bonds is 4. The molecule has 8 heteroatoms. The van der Waals surface area contributed by atoms with E-state index in [0.717, 1.165) is 49.0 Å². The van der Waals surface area contributed by atoms with Crippen LogP contribution in [0.4, 0.5) is 0 Å². The summed E-state index contributed by atoms with van der Waals surface area (Å²) >= 11 is 0. The van der Waals surface area contributed by atoms with E-state index >= 15 is 0 Å². The van der Waals surface area contributed by atoms with Crippen molar-refractivity contribution in [3.63, 3.8) is 0 Å². The fraction of sp³-hybridized carbons (Fsp3) is 0.483. The van der Waals surface area contributed by atoms with Gasteiger partial charge in [-0.2, -0.15) is 0 Å². The quantitative estimate of drug-likeness (QED) is 0.670. The maximum atomic E-state index is 13.3. The summed E-state index contributed by atoms with van der Waals surface area (Å²) in [5.41, 5.74) is 4.42. The van der Waals surface area contributed by atoms with Gasteiger partial charge >= 0.3 is 0 Å². The van der Waals surface area contributed by atoms with Crippen LogP contribution in [0.15, 0.2) is 42.5 Å². The lowest BCUT2D eigenvalue weighted by atomic mass is 9.82. The number of piperazine rings is 1. The van der Waals surface area contributed by atoms with Crippen LogP contribution >= 0.6 is 0 Å². The highest BCUT2D eigenvalue weighted by atomic mass is 16.2. The van der Waals surface area contributed by atoms with Crippen LogP contribution in [0.25, 0.3) is 11.1 Å². The zero-order valence-corrected chi connectivity index (χ0v) is 22.0. The summed E-state index contributed by atoms with van der Waals surface area (Å²) < 4.78 is 0. The molecule has 3 atom stereocenters. The first-order valence-electron chi connectivity index (χ1n) is 13.3. The molecule has 0 aromatic heterocycles. The molecule has 0 bridgehead atoms. The molecule has 0 radical (unpaired) electrons. The van der Waals surface area contributed by atoms with Crippen molar-refractivity contribution in [2.45, 2.75) is 44.9 Å². The Hall–Kier alpha value is -3.23. The van der Waals surface area contributed by atoms with Gasteiger partial charge in [0.2, 0.25) is 5.91 Å². The molecule has 3 unspecified atom stereocenters. The van der Waals surface area contributed by atoms with Gasteiger partial charge in [-0.15, -0.1) is 0 Å². The van der Waals surface area contributed by atoms with Gasteiger partial charge in [-0.25, -0.2) is 0 Å². The van der Waals surface area contributed by atoms with Gasteiger partial charge in [-0.1, -0.05) is 31.0 Å². The topological polar surface area (TPSA) is 85.0 Å². The fourth-order valence-corrected chi connectivity index (χ4v) is 5.86. The first kappa shape index (κ1) is 25.4. The van der Waals surface area contributed by atoms with E-state index in [4.69, 9.17) is 0 Å². The van der Waals surface area contributed by atoms with Crippen molar-refractivity contribution < 1.29 is 14.4 Å². The highest BCUT2D eigenvalue weighted by Gasteiger charge is 2.40. The van der Waals surface area contributed by atoms with Crippen molar-refractivity contribution in [2.75, 3.05) is 40.3 Å². The van der Waals surface area contributed by atoms with Gasteiger partial charge in [0.1, 0.15) is 6.29 Å². The first-order valence-corrected chi connectivity index (χ1v) is 13.3. The minimum atomic E-state index is -0.148. The number of hydrogen-bond acceptors (Lipinski definition) is 5. The van der Waals surface area contributed by atoms with Gasteiger partial charge in [-0.3, -0.25) is 24.6 Å². The Bertz CT molecular complexity index is 1170. The third-order valence-corrected chi connectivity index (χ3v) is 8.04. The summed E-state index contributed by atoms with van der Waals surface area (Å²) in [7, 11) is 3.48. The number of nitrogens with zero attached hydrogens (tertiary/aromatic N) is 3. The molecular weight excluding hydrogens is 466 g/mol. The fourth-order valence-electron chi connectivity index (χ4n) is 5.86. The molecule has 8 nitrogen and oxygen atoms in total. The number of hydrogen-bond donors (Lipinski definition) is 2. The van der Waals surface area contributed by atoms with Crippen molar-refractivity contribution in [3.05, 3.63) is 59.2 Å². The van der Waals surface area contributed by atoms with E-state index in [-0.39, 0.29) is 36.0 Å². The zero-order chi connectivity index (χ0) is 26.1. The highest BCUT2D eigenvalue weighted by Crippen LogP contribution is 2.28. The smallest absolute Gasteiger partial charge is 0.253 e. The van der Waals surface area contributed by atoms with E-state index in [1.807, 2.05) is 54.3 Å². The van der Waals surface area contributed by atoms with Crippen LogP contribution in [0.1, 0.15) is 52.0 Å². The molecule has 1 saturated carbocycles. The Labute approximate surface area is 219 Å². The summed E-state index contributed by atoms with van der Waals surface area (Å²) in [5, 5.41) is 6.80. The van der Waals surface area contributed by atoms with Gasteiger partial charge in [0.25, 0.3) is 11.8 Å². The lowest BCUT2D eigenvalue weighted by Crippen LogP contribution is -2.69. The van der Waals surface area contributed by atoms with Crippen LogP contribution in [0.2, 0.25) is 0 Å². The molecule has 2 heterocycles. The van der Waals surface area contributed by atoms with Crippen molar-refractivity contribution in [3.8, 4) is 11.1 Å². The third-order valence-electron chi connectivity index (χ3n) is 8.04. The minimum absolute atomic E-state index is 0.0239. The number of carbonyl (C=O) groups is 3. The average Bonchev–Trinajstić information content (AvgIpc) is 2.92. The Morgan fingerprint density at radius 1 is 0.919 bits per heavy atom. The summed E-state index contributed by atoms with van der Waals surface area (Å²) in [6.07, 6.45) is 4.19. The number of aryl methyl sites for hydroxylation is 1. The maximum absolute atomic E-state index is 13.3. The molecule has 5 rings (SSSR count). The number of benzene rings is 2. The van der Waals surface area contributed by atoms with E-state index in [1.54, 1.807) is 19.0 Å². The van der Waals surface area contributed by atoms with Crippen molar-refractivity contribution in [1.82, 2.24) is 25.3 Å². The van der Waals surface area contributed by atoms with E-state index < -0.39 is 0 Å². The van der Waals surface area contributed by atoms with Crippen LogP contribution in [0.3, 0.4) is 0 Å². The molecule has 2 aromatic carbocycles. The van der Waals surface area contributed by atoms with Gasteiger partial charge in [-0.05, 0) is 60.7 Å². The molecule has 3 fully saturated rings. The molecule has 1 aliphatic carbocycles. The Kier molecular flexibility index (Phi) is 7.31. The maximum Gasteiger partial charge on any atom is 0.253 e. The van der Waals surface area contributed by atoms with Crippen LogP contribution in [-0.4, -0.2) is 85.0 Å². The second-order valence-electron chi connectivity index (χ2n) is 10.7. The van der Waals surface area contributed by atoms with E-state index in [1.165, 1.54) is 6.42 Å². The lowest BCUT2D eigenvalue weighted by molar-refractivity contribution is -0.134. The van der Waals surface area contributed by atoms with Crippen LogP contribution in [0, 0.1) is 12.8 Å². The molecule has 196 valence electrons. The van der Waals surface area contributed by atoms with Gasteiger partial charge in [0.05, 0.1) is 5.92 Å². The lowest BCUT2D eigenvalue weighted by Gasteiger charge is -2.46. The minimum Gasteiger partial charge on any atom is -0.345 e. The molecule has 0 spiro atoms.